The number of hydrogen-bond donors (Lipinski definition) is 1. The van der Waals surface area contributed by atoms with E-state index in [1.807, 2.05) is 13.8 Å². The lowest BCUT2D eigenvalue weighted by molar-refractivity contribution is -0.164. The lowest BCUT2D eigenvalue weighted by Crippen LogP contribution is -2.73. The molecule has 0 bridgehead atoms. The van der Waals surface area contributed by atoms with Crippen LogP contribution in [-0.4, -0.2) is 54.0 Å². The third kappa shape index (κ3) is 3.82. The van der Waals surface area contributed by atoms with Crippen LogP contribution in [0.4, 0.5) is 0 Å². The van der Waals surface area contributed by atoms with Gasteiger partial charge in [-0.15, -0.1) is 0 Å². The number of nitrogens with one attached hydrogen (secondary N) is 1. The predicted molar refractivity (Wildman–Crippen MR) is 109 cm³/mol. The fourth-order valence-electron chi connectivity index (χ4n) is 3.61. The number of hydrogen-bond acceptors (Lipinski definition) is 5. The maximum Gasteiger partial charge on any atom is 0.232 e. The molecule has 2 aliphatic heterocycles. The number of carbonyl (C=O) groups is 2. The van der Waals surface area contributed by atoms with Crippen LogP contribution in [0.3, 0.4) is 0 Å². The molecule has 2 rings (SSSR count). The number of amides is 2. The van der Waals surface area contributed by atoms with Crippen LogP contribution in [0.25, 0.3) is 0 Å². The van der Waals surface area contributed by atoms with Crippen LogP contribution in [0.1, 0.15) is 34.6 Å². The van der Waals surface area contributed by atoms with Crippen molar-refractivity contribution < 1.29 is 14.0 Å². The third-order valence-electron chi connectivity index (χ3n) is 5.47. The Morgan fingerprint density at radius 3 is 2.40 bits per heavy atom. The second-order valence-electron chi connectivity index (χ2n) is 8.43. The summed E-state index contributed by atoms with van der Waals surface area (Å²) >= 11 is 6.82. The van der Waals surface area contributed by atoms with E-state index >= 15 is 0 Å². The van der Waals surface area contributed by atoms with Gasteiger partial charge in [-0.3, -0.25) is 14.5 Å². The SMILES string of the molecule is C[C@@H](C(=O)N1CCSC1=S)[C@H]1NC(=O)[C@@H]1[C@@](C)(O[SiH](C)C)C(C)(C)C. The van der Waals surface area contributed by atoms with Crippen molar-refractivity contribution in [3.05, 3.63) is 0 Å². The van der Waals surface area contributed by atoms with Crippen LogP contribution < -0.4 is 5.32 Å². The first-order chi connectivity index (χ1) is 11.4. The zero-order valence-corrected chi connectivity index (χ0v) is 19.0. The quantitative estimate of drug-likeness (QED) is 0.435. The van der Waals surface area contributed by atoms with E-state index in [1.165, 1.54) is 11.8 Å². The average Bonchev–Trinajstić information content (AvgIpc) is 2.87. The fourth-order valence-corrected chi connectivity index (χ4v) is 6.31. The highest BCUT2D eigenvalue weighted by atomic mass is 32.2. The summed E-state index contributed by atoms with van der Waals surface area (Å²) in [6.45, 7) is 15.1. The Hall–Kier alpha value is -0.443. The first-order valence-electron chi connectivity index (χ1n) is 8.86. The predicted octanol–water partition coefficient (Wildman–Crippen LogP) is 2.40. The van der Waals surface area contributed by atoms with Gasteiger partial charge >= 0.3 is 0 Å². The van der Waals surface area contributed by atoms with Crippen LogP contribution in [0.15, 0.2) is 0 Å². The molecule has 5 nitrogen and oxygen atoms in total. The van der Waals surface area contributed by atoms with E-state index in [1.54, 1.807) is 4.90 Å². The van der Waals surface area contributed by atoms with E-state index in [-0.39, 0.29) is 35.1 Å². The first-order valence-corrected chi connectivity index (χ1v) is 13.0. The number of carbonyl (C=O) groups excluding carboxylic acids is 2. The molecule has 0 aromatic carbocycles. The molecule has 0 radical (unpaired) electrons. The Kier molecular flexibility index (Phi) is 6.08. The van der Waals surface area contributed by atoms with Crippen molar-refractivity contribution >= 4 is 49.2 Å². The molecule has 0 aliphatic carbocycles. The van der Waals surface area contributed by atoms with Crippen molar-refractivity contribution in [1.82, 2.24) is 10.2 Å². The summed E-state index contributed by atoms with van der Waals surface area (Å²) in [7, 11) is -1.37. The molecule has 2 aliphatic rings. The fraction of sp³-hybridized carbons (Fsp3) is 0.824. The summed E-state index contributed by atoms with van der Waals surface area (Å²) in [5, 5.41) is 2.96. The monoisotopic (exact) mass is 402 g/mol. The molecular weight excluding hydrogens is 372 g/mol. The molecule has 4 atom stereocenters. The van der Waals surface area contributed by atoms with E-state index in [0.29, 0.717) is 10.9 Å². The van der Waals surface area contributed by atoms with Gasteiger partial charge in [0, 0.05) is 12.3 Å². The molecule has 0 aromatic heterocycles. The maximum absolute atomic E-state index is 12.9. The second kappa shape index (κ2) is 7.29. The standard InChI is InChI=1S/C17H30N2O3S2Si/c1-10(14(21)19-8-9-24-15(19)23)12-11(13(20)18-12)17(5,16(2,3)4)22-25(6)7/h10-12,25H,8-9H2,1-7H3,(H,18,20)/t10-,11-,12-,17-/m1/s1. The van der Waals surface area contributed by atoms with Crippen LogP contribution in [0.5, 0.6) is 0 Å². The van der Waals surface area contributed by atoms with Crippen LogP contribution >= 0.6 is 24.0 Å². The molecule has 0 aromatic rings. The summed E-state index contributed by atoms with van der Waals surface area (Å²) in [6, 6.07) is -0.217. The molecule has 2 heterocycles. The molecule has 2 amide bonds. The Bertz CT molecular complexity index is 579. The van der Waals surface area contributed by atoms with Gasteiger partial charge in [-0.2, -0.15) is 0 Å². The van der Waals surface area contributed by atoms with Crippen molar-refractivity contribution in [3.63, 3.8) is 0 Å². The topological polar surface area (TPSA) is 58.6 Å². The smallest absolute Gasteiger partial charge is 0.232 e. The van der Waals surface area contributed by atoms with Crippen molar-refractivity contribution in [1.29, 1.82) is 0 Å². The first kappa shape index (κ1) is 20.9. The second-order valence-corrected chi connectivity index (χ2v) is 12.5. The lowest BCUT2D eigenvalue weighted by atomic mass is 9.62. The summed E-state index contributed by atoms with van der Waals surface area (Å²) in [6.07, 6.45) is 0. The van der Waals surface area contributed by atoms with Crippen LogP contribution in [0.2, 0.25) is 13.1 Å². The molecule has 142 valence electrons. The molecule has 0 spiro atoms. The molecule has 1 N–H and O–H groups in total. The highest BCUT2D eigenvalue weighted by Crippen LogP contribution is 2.46. The molecule has 0 saturated carbocycles. The van der Waals surface area contributed by atoms with Crippen molar-refractivity contribution in [2.45, 2.75) is 59.4 Å². The summed E-state index contributed by atoms with van der Waals surface area (Å²) in [5.74, 6) is 0.182. The maximum atomic E-state index is 12.9. The van der Waals surface area contributed by atoms with Gasteiger partial charge in [0.1, 0.15) is 4.32 Å². The molecular formula is C17H30N2O3S2Si. The largest absolute Gasteiger partial charge is 0.414 e. The average molecular weight is 403 g/mol. The zero-order chi connectivity index (χ0) is 19.2. The minimum Gasteiger partial charge on any atom is -0.414 e. The number of β-lactam (4-membered cyclic amide) rings is 1. The van der Waals surface area contributed by atoms with Gasteiger partial charge in [-0.1, -0.05) is 51.7 Å². The Labute approximate surface area is 162 Å². The third-order valence-corrected chi connectivity index (χ3v) is 7.86. The van der Waals surface area contributed by atoms with E-state index in [9.17, 15) is 9.59 Å². The normalized spacial score (nSPS) is 27.8. The Balaban J connectivity index is 2.25. The number of thiocarbonyl (C=S) groups is 1. The number of nitrogens with zero attached hydrogens (tertiary/aromatic N) is 1. The van der Waals surface area contributed by atoms with Gasteiger partial charge in [0.25, 0.3) is 0 Å². The van der Waals surface area contributed by atoms with E-state index in [2.05, 4.69) is 39.2 Å². The summed E-state index contributed by atoms with van der Waals surface area (Å²) in [5.41, 5.74) is -0.818. The molecule has 25 heavy (non-hydrogen) atoms. The summed E-state index contributed by atoms with van der Waals surface area (Å²) in [4.78, 5) is 27.1. The van der Waals surface area contributed by atoms with E-state index in [0.717, 1.165) is 5.75 Å². The van der Waals surface area contributed by atoms with Crippen LogP contribution in [0, 0.1) is 17.3 Å². The highest BCUT2D eigenvalue weighted by Gasteiger charge is 2.59. The highest BCUT2D eigenvalue weighted by molar-refractivity contribution is 8.23. The molecule has 2 fully saturated rings. The van der Waals surface area contributed by atoms with Gasteiger partial charge in [0.15, 0.2) is 9.04 Å². The number of rotatable bonds is 5. The minimum atomic E-state index is -1.37. The van der Waals surface area contributed by atoms with Gasteiger partial charge in [-0.05, 0) is 25.4 Å². The van der Waals surface area contributed by atoms with Crippen molar-refractivity contribution in [2.75, 3.05) is 12.3 Å². The Morgan fingerprint density at radius 2 is 2.00 bits per heavy atom. The zero-order valence-electron chi connectivity index (χ0n) is 16.2. The Morgan fingerprint density at radius 1 is 1.40 bits per heavy atom. The van der Waals surface area contributed by atoms with Gasteiger partial charge in [0.05, 0.1) is 23.5 Å². The molecule has 0 unspecified atom stereocenters. The van der Waals surface area contributed by atoms with Gasteiger partial charge in [-0.25, -0.2) is 0 Å². The van der Waals surface area contributed by atoms with Crippen molar-refractivity contribution in [3.8, 4) is 0 Å². The minimum absolute atomic E-state index is 0.00283. The van der Waals surface area contributed by atoms with E-state index in [4.69, 9.17) is 16.6 Å². The summed E-state index contributed by atoms with van der Waals surface area (Å²) < 4.78 is 7.05. The van der Waals surface area contributed by atoms with Gasteiger partial charge in [0.2, 0.25) is 11.8 Å². The van der Waals surface area contributed by atoms with Crippen LogP contribution in [-0.2, 0) is 14.0 Å². The van der Waals surface area contributed by atoms with E-state index < -0.39 is 14.6 Å². The van der Waals surface area contributed by atoms with Crippen molar-refractivity contribution in [2.24, 2.45) is 17.3 Å². The lowest BCUT2D eigenvalue weighted by Gasteiger charge is -2.55. The number of thioether (sulfide) groups is 1. The molecule has 2 saturated heterocycles. The molecule has 8 heteroatoms. The van der Waals surface area contributed by atoms with Gasteiger partial charge < -0.3 is 9.74 Å².